The lowest BCUT2D eigenvalue weighted by molar-refractivity contribution is -0.143. The molecule has 0 radical (unpaired) electrons. The van der Waals surface area contributed by atoms with Gasteiger partial charge in [0, 0.05) is 25.7 Å². The molecular weight excluding hydrogens is 841 g/mol. The quantitative estimate of drug-likeness (QED) is 0.0280. The SMILES string of the molecule is CCCCCCCC/C=C/CCCCCCCC(=O)OCCc1ccc(OC(=O)CCCCCCC/C=C/CCCCCCCC)c(OC(=O)CCCCCCC/C=C/CCCCCCCC)c1. The zero-order valence-corrected chi connectivity index (χ0v) is 44.8. The summed E-state index contributed by atoms with van der Waals surface area (Å²) in [5, 5.41) is 0. The van der Waals surface area contributed by atoms with E-state index in [1.807, 2.05) is 6.07 Å². The van der Waals surface area contributed by atoms with Crippen LogP contribution in [-0.2, 0) is 25.5 Å². The standard InChI is InChI=1S/C62H106O6/c1-4-7-10-13-16-19-22-25-28-31-34-37-40-43-46-49-60(63)66-55-54-57-52-53-58(67-61(64)50-47-44-41-38-35-32-29-26-23-20-17-14-11-8-5-2)59(56-57)68-62(65)51-48-45-42-39-36-33-30-27-24-21-18-15-12-9-6-3/h25-30,52-53,56H,4-24,31-51,54-55H2,1-3H3/b28-25+,29-26+,30-27+. The van der Waals surface area contributed by atoms with Crippen molar-refractivity contribution in [3.05, 3.63) is 60.2 Å². The summed E-state index contributed by atoms with van der Waals surface area (Å²) in [5.74, 6) is -0.269. The number of carbonyl (C=O) groups excluding carboxylic acids is 3. The highest BCUT2D eigenvalue weighted by Gasteiger charge is 2.16. The molecule has 0 bridgehead atoms. The Kier molecular flexibility index (Phi) is 46.5. The Balaban J connectivity index is 2.46. The lowest BCUT2D eigenvalue weighted by Crippen LogP contribution is -2.13. The van der Waals surface area contributed by atoms with Gasteiger partial charge in [0.1, 0.15) is 0 Å². The van der Waals surface area contributed by atoms with Gasteiger partial charge in [-0.05, 0) is 114 Å². The first-order valence-corrected chi connectivity index (χ1v) is 29.1. The van der Waals surface area contributed by atoms with E-state index in [2.05, 4.69) is 57.2 Å². The molecular formula is C62H106O6. The van der Waals surface area contributed by atoms with E-state index >= 15 is 0 Å². The van der Waals surface area contributed by atoms with E-state index in [4.69, 9.17) is 14.2 Å². The highest BCUT2D eigenvalue weighted by atomic mass is 16.6. The molecule has 1 rings (SSSR count). The predicted octanol–water partition coefficient (Wildman–Crippen LogP) is 19.7. The second kappa shape index (κ2) is 50.2. The maximum Gasteiger partial charge on any atom is 0.311 e. The fraction of sp³-hybridized carbons (Fsp3) is 0.758. The molecule has 6 nitrogen and oxygen atoms in total. The first-order chi connectivity index (χ1) is 33.5. The number of allylic oxidation sites excluding steroid dienone is 6. The minimum atomic E-state index is -0.319. The van der Waals surface area contributed by atoms with Crippen LogP contribution in [0.25, 0.3) is 0 Å². The van der Waals surface area contributed by atoms with Crippen molar-refractivity contribution >= 4 is 17.9 Å². The molecule has 0 heterocycles. The molecule has 0 saturated carbocycles. The zero-order valence-electron chi connectivity index (χ0n) is 44.8. The third kappa shape index (κ3) is 42.9. The van der Waals surface area contributed by atoms with Crippen LogP contribution in [0.2, 0.25) is 0 Å². The van der Waals surface area contributed by atoms with Crippen LogP contribution >= 0.6 is 0 Å². The van der Waals surface area contributed by atoms with Crippen LogP contribution < -0.4 is 9.47 Å². The molecule has 0 aliphatic rings. The molecule has 0 atom stereocenters. The fourth-order valence-electron chi connectivity index (χ4n) is 8.59. The fourth-order valence-corrected chi connectivity index (χ4v) is 8.59. The van der Waals surface area contributed by atoms with Crippen molar-refractivity contribution < 1.29 is 28.6 Å². The second-order valence-electron chi connectivity index (χ2n) is 19.7. The van der Waals surface area contributed by atoms with Gasteiger partial charge in [0.05, 0.1) is 6.61 Å². The third-order valence-electron chi connectivity index (χ3n) is 13.0. The lowest BCUT2D eigenvalue weighted by Gasteiger charge is -2.13. The van der Waals surface area contributed by atoms with Crippen molar-refractivity contribution in [2.45, 2.75) is 297 Å². The third-order valence-corrected chi connectivity index (χ3v) is 13.0. The Morgan fingerprint density at radius 1 is 0.353 bits per heavy atom. The summed E-state index contributed by atoms with van der Waals surface area (Å²) in [4.78, 5) is 38.5. The van der Waals surface area contributed by atoms with E-state index < -0.39 is 0 Å². The number of esters is 3. The first kappa shape index (κ1) is 62.9. The Bertz CT molecular complexity index is 1390. The van der Waals surface area contributed by atoms with E-state index in [1.165, 1.54) is 167 Å². The van der Waals surface area contributed by atoms with Crippen molar-refractivity contribution in [1.29, 1.82) is 0 Å². The van der Waals surface area contributed by atoms with Gasteiger partial charge in [0.2, 0.25) is 0 Å². The number of rotatable bonds is 50. The van der Waals surface area contributed by atoms with Gasteiger partial charge in [0.15, 0.2) is 11.5 Å². The predicted molar refractivity (Wildman–Crippen MR) is 291 cm³/mol. The van der Waals surface area contributed by atoms with Gasteiger partial charge in [-0.1, -0.05) is 217 Å². The van der Waals surface area contributed by atoms with Crippen molar-refractivity contribution in [2.24, 2.45) is 0 Å². The van der Waals surface area contributed by atoms with E-state index in [0.717, 1.165) is 89.0 Å². The smallest absolute Gasteiger partial charge is 0.311 e. The second-order valence-corrected chi connectivity index (χ2v) is 19.7. The van der Waals surface area contributed by atoms with Gasteiger partial charge < -0.3 is 14.2 Å². The molecule has 390 valence electrons. The Morgan fingerprint density at radius 3 is 1.00 bits per heavy atom. The molecule has 0 aromatic heterocycles. The molecule has 6 heteroatoms. The average Bonchev–Trinajstić information content (AvgIpc) is 3.33. The summed E-state index contributed by atoms with van der Waals surface area (Å²) in [7, 11) is 0. The van der Waals surface area contributed by atoms with E-state index in [-0.39, 0.29) is 36.0 Å². The molecule has 0 aliphatic carbocycles. The monoisotopic (exact) mass is 947 g/mol. The number of hydrogen-bond donors (Lipinski definition) is 0. The van der Waals surface area contributed by atoms with Crippen molar-refractivity contribution in [3.63, 3.8) is 0 Å². The number of carbonyl (C=O) groups is 3. The highest BCUT2D eigenvalue weighted by molar-refractivity contribution is 5.76. The summed E-state index contributed by atoms with van der Waals surface area (Å²) >= 11 is 0. The first-order valence-electron chi connectivity index (χ1n) is 29.1. The van der Waals surface area contributed by atoms with E-state index in [9.17, 15) is 14.4 Å². The normalized spacial score (nSPS) is 11.7. The van der Waals surface area contributed by atoms with Gasteiger partial charge >= 0.3 is 17.9 Å². The molecule has 0 aliphatic heterocycles. The maximum absolute atomic E-state index is 13.1. The van der Waals surface area contributed by atoms with Gasteiger partial charge in [-0.2, -0.15) is 0 Å². The topological polar surface area (TPSA) is 78.9 Å². The number of hydrogen-bond acceptors (Lipinski definition) is 6. The minimum absolute atomic E-state index is 0.171. The number of ether oxygens (including phenoxy) is 3. The van der Waals surface area contributed by atoms with Crippen LogP contribution in [0.15, 0.2) is 54.7 Å². The Labute approximate surface area is 420 Å². The molecule has 1 aromatic carbocycles. The molecule has 0 unspecified atom stereocenters. The summed E-state index contributed by atoms with van der Waals surface area (Å²) in [6.45, 7) is 7.04. The van der Waals surface area contributed by atoms with E-state index in [1.54, 1.807) is 12.1 Å². The lowest BCUT2D eigenvalue weighted by atomic mass is 10.1. The van der Waals surface area contributed by atoms with Crippen LogP contribution in [0.3, 0.4) is 0 Å². The number of benzene rings is 1. The van der Waals surface area contributed by atoms with Crippen molar-refractivity contribution in [1.82, 2.24) is 0 Å². The van der Waals surface area contributed by atoms with Gasteiger partial charge in [0.25, 0.3) is 0 Å². The van der Waals surface area contributed by atoms with Gasteiger partial charge in [-0.15, -0.1) is 0 Å². The molecule has 68 heavy (non-hydrogen) atoms. The molecule has 0 N–H and O–H groups in total. The summed E-state index contributed by atoms with van der Waals surface area (Å²) in [5.41, 5.74) is 0.861. The van der Waals surface area contributed by atoms with Gasteiger partial charge in [-0.3, -0.25) is 14.4 Å². The molecule has 0 amide bonds. The van der Waals surface area contributed by atoms with Crippen molar-refractivity contribution in [2.75, 3.05) is 6.61 Å². The Morgan fingerprint density at radius 2 is 0.647 bits per heavy atom. The molecule has 1 aromatic rings. The average molecular weight is 948 g/mol. The van der Waals surface area contributed by atoms with Crippen molar-refractivity contribution in [3.8, 4) is 11.5 Å². The molecule has 0 saturated heterocycles. The minimum Gasteiger partial charge on any atom is -0.465 e. The van der Waals surface area contributed by atoms with Gasteiger partial charge in [-0.25, -0.2) is 0 Å². The highest BCUT2D eigenvalue weighted by Crippen LogP contribution is 2.30. The summed E-state index contributed by atoms with van der Waals surface area (Å²) < 4.78 is 17.2. The summed E-state index contributed by atoms with van der Waals surface area (Å²) in [6.07, 6.45) is 62.7. The molecule has 0 spiro atoms. The van der Waals surface area contributed by atoms with Crippen LogP contribution in [0, 0.1) is 0 Å². The van der Waals surface area contributed by atoms with Crippen LogP contribution in [0.1, 0.15) is 296 Å². The largest absolute Gasteiger partial charge is 0.465 e. The van der Waals surface area contributed by atoms with Crippen LogP contribution in [-0.4, -0.2) is 24.5 Å². The number of unbranched alkanes of at least 4 members (excludes halogenated alkanes) is 33. The van der Waals surface area contributed by atoms with Crippen LogP contribution in [0.5, 0.6) is 11.5 Å². The Hall–Kier alpha value is -3.15. The van der Waals surface area contributed by atoms with Crippen LogP contribution in [0.4, 0.5) is 0 Å². The molecule has 0 fully saturated rings. The zero-order chi connectivity index (χ0) is 49.1. The summed E-state index contributed by atoms with van der Waals surface area (Å²) in [6, 6.07) is 5.34. The maximum atomic E-state index is 13.1. The van der Waals surface area contributed by atoms with E-state index in [0.29, 0.717) is 25.7 Å².